The van der Waals surface area contributed by atoms with Gasteiger partial charge >= 0.3 is 0 Å². The Kier molecular flexibility index (Phi) is 3.66. The molecule has 0 bridgehead atoms. The number of nitrogens with one attached hydrogen (secondary N) is 2. The standard InChI is InChI=1S/C12H18N4O2S/c1-14-10(17)7-8(13)9(12(18)16(2)3)19-11(7)15-6-4-5-6/h6,15H,4-5,13H2,1-3H3,(H,14,17). The van der Waals surface area contributed by atoms with Gasteiger partial charge in [0, 0.05) is 27.2 Å². The molecule has 0 atom stereocenters. The number of nitrogens with two attached hydrogens (primary N) is 1. The summed E-state index contributed by atoms with van der Waals surface area (Å²) in [6, 6.07) is 0.392. The van der Waals surface area contributed by atoms with Crippen molar-refractivity contribution >= 4 is 33.8 Å². The highest BCUT2D eigenvalue weighted by atomic mass is 32.1. The Morgan fingerprint density at radius 1 is 1.37 bits per heavy atom. The van der Waals surface area contributed by atoms with E-state index in [1.807, 2.05) is 0 Å². The van der Waals surface area contributed by atoms with Gasteiger partial charge in [-0.3, -0.25) is 9.59 Å². The molecule has 7 heteroatoms. The minimum atomic E-state index is -0.269. The second-order valence-electron chi connectivity index (χ2n) is 4.75. The number of anilines is 2. The molecule has 2 rings (SSSR count). The number of rotatable bonds is 4. The highest BCUT2D eigenvalue weighted by Crippen LogP contribution is 2.39. The lowest BCUT2D eigenvalue weighted by Crippen LogP contribution is -2.23. The predicted molar refractivity (Wildman–Crippen MR) is 76.8 cm³/mol. The summed E-state index contributed by atoms with van der Waals surface area (Å²) in [7, 11) is 4.87. The van der Waals surface area contributed by atoms with Crippen molar-refractivity contribution in [3.63, 3.8) is 0 Å². The number of carbonyl (C=O) groups is 2. The van der Waals surface area contributed by atoms with E-state index in [9.17, 15) is 9.59 Å². The summed E-state index contributed by atoms with van der Waals surface area (Å²) in [5.41, 5.74) is 6.61. The molecule has 0 unspecified atom stereocenters. The van der Waals surface area contributed by atoms with E-state index in [2.05, 4.69) is 10.6 Å². The molecule has 0 radical (unpaired) electrons. The number of nitrogen functional groups attached to an aromatic ring is 1. The fourth-order valence-corrected chi connectivity index (χ4v) is 2.89. The van der Waals surface area contributed by atoms with E-state index >= 15 is 0 Å². The minimum Gasteiger partial charge on any atom is -0.397 e. The Morgan fingerprint density at radius 3 is 2.47 bits per heavy atom. The summed E-state index contributed by atoms with van der Waals surface area (Å²) >= 11 is 1.25. The fourth-order valence-electron chi connectivity index (χ4n) is 1.67. The number of nitrogens with zero attached hydrogens (tertiary/aromatic N) is 1. The van der Waals surface area contributed by atoms with Gasteiger partial charge in [-0.15, -0.1) is 11.3 Å². The lowest BCUT2D eigenvalue weighted by Gasteiger charge is -2.08. The molecule has 1 aliphatic rings. The van der Waals surface area contributed by atoms with Crippen LogP contribution in [-0.2, 0) is 0 Å². The first-order chi connectivity index (χ1) is 8.95. The first-order valence-electron chi connectivity index (χ1n) is 6.08. The van der Waals surface area contributed by atoms with Gasteiger partial charge in [0.1, 0.15) is 9.88 Å². The number of carbonyl (C=O) groups excluding carboxylic acids is 2. The normalized spacial score (nSPS) is 14.1. The smallest absolute Gasteiger partial charge is 0.265 e. The van der Waals surface area contributed by atoms with E-state index in [4.69, 9.17) is 5.73 Å². The third kappa shape index (κ3) is 2.65. The molecule has 6 nitrogen and oxygen atoms in total. The summed E-state index contributed by atoms with van der Waals surface area (Å²) in [5, 5.41) is 6.51. The molecule has 0 spiro atoms. The van der Waals surface area contributed by atoms with Crippen molar-refractivity contribution < 1.29 is 9.59 Å². The molecule has 1 saturated carbocycles. The van der Waals surface area contributed by atoms with Crippen LogP contribution in [0.25, 0.3) is 0 Å². The Morgan fingerprint density at radius 2 is 2.00 bits per heavy atom. The number of hydrogen-bond donors (Lipinski definition) is 3. The molecule has 1 aromatic rings. The molecule has 0 aromatic carbocycles. The Labute approximate surface area is 116 Å². The van der Waals surface area contributed by atoms with Crippen LogP contribution in [0.3, 0.4) is 0 Å². The van der Waals surface area contributed by atoms with Crippen LogP contribution in [-0.4, -0.2) is 43.9 Å². The van der Waals surface area contributed by atoms with Crippen LogP contribution in [0.1, 0.15) is 32.9 Å². The summed E-state index contributed by atoms with van der Waals surface area (Å²) in [6.45, 7) is 0. The fraction of sp³-hybridized carbons (Fsp3) is 0.500. The van der Waals surface area contributed by atoms with E-state index < -0.39 is 0 Å². The van der Waals surface area contributed by atoms with E-state index in [1.54, 1.807) is 21.1 Å². The van der Waals surface area contributed by atoms with Gasteiger partial charge in [0.15, 0.2) is 0 Å². The number of hydrogen-bond acceptors (Lipinski definition) is 5. The summed E-state index contributed by atoms with van der Waals surface area (Å²) in [4.78, 5) is 25.8. The van der Waals surface area contributed by atoms with E-state index in [1.165, 1.54) is 16.2 Å². The highest BCUT2D eigenvalue weighted by Gasteiger charge is 2.29. The average molecular weight is 282 g/mol. The van der Waals surface area contributed by atoms with Crippen LogP contribution in [0.5, 0.6) is 0 Å². The molecular formula is C12H18N4O2S. The van der Waals surface area contributed by atoms with Crippen molar-refractivity contribution in [2.75, 3.05) is 32.2 Å². The monoisotopic (exact) mass is 282 g/mol. The third-order valence-electron chi connectivity index (χ3n) is 2.91. The molecule has 104 valence electrons. The van der Waals surface area contributed by atoms with Crippen molar-refractivity contribution in [3.8, 4) is 0 Å². The molecule has 2 amide bonds. The number of thiophene rings is 1. The lowest BCUT2D eigenvalue weighted by molar-refractivity contribution is 0.0833. The maximum Gasteiger partial charge on any atom is 0.265 e. The van der Waals surface area contributed by atoms with Crippen LogP contribution in [0.15, 0.2) is 0 Å². The van der Waals surface area contributed by atoms with Crippen molar-refractivity contribution in [2.45, 2.75) is 18.9 Å². The van der Waals surface area contributed by atoms with Crippen molar-refractivity contribution in [2.24, 2.45) is 0 Å². The minimum absolute atomic E-state index is 0.184. The largest absolute Gasteiger partial charge is 0.397 e. The molecule has 1 aliphatic carbocycles. The maximum absolute atomic E-state index is 12.0. The average Bonchev–Trinajstić information content (AvgIpc) is 3.12. The SMILES string of the molecule is CNC(=O)c1c(NC2CC2)sc(C(=O)N(C)C)c1N. The second kappa shape index (κ2) is 5.08. The lowest BCUT2D eigenvalue weighted by atomic mass is 10.2. The van der Waals surface area contributed by atoms with Crippen LogP contribution >= 0.6 is 11.3 Å². The van der Waals surface area contributed by atoms with Crippen molar-refractivity contribution in [3.05, 3.63) is 10.4 Å². The van der Waals surface area contributed by atoms with Gasteiger partial charge in [-0.25, -0.2) is 0 Å². The van der Waals surface area contributed by atoms with Gasteiger partial charge < -0.3 is 21.3 Å². The molecule has 4 N–H and O–H groups in total. The molecule has 19 heavy (non-hydrogen) atoms. The predicted octanol–water partition coefficient (Wildman–Crippen LogP) is 0.966. The van der Waals surface area contributed by atoms with Crippen LogP contribution in [0, 0.1) is 0 Å². The van der Waals surface area contributed by atoms with Crippen LogP contribution in [0.4, 0.5) is 10.7 Å². The maximum atomic E-state index is 12.0. The molecule has 0 saturated heterocycles. The molecule has 1 fully saturated rings. The second-order valence-corrected chi connectivity index (χ2v) is 5.77. The Bertz CT molecular complexity index is 520. The van der Waals surface area contributed by atoms with E-state index in [0.717, 1.165) is 12.8 Å². The summed E-state index contributed by atoms with van der Waals surface area (Å²) < 4.78 is 0. The summed E-state index contributed by atoms with van der Waals surface area (Å²) in [5.74, 6) is -0.453. The highest BCUT2D eigenvalue weighted by molar-refractivity contribution is 7.19. The molecular weight excluding hydrogens is 264 g/mol. The number of amides is 2. The van der Waals surface area contributed by atoms with Gasteiger partial charge in [-0.1, -0.05) is 0 Å². The van der Waals surface area contributed by atoms with Crippen LogP contribution < -0.4 is 16.4 Å². The van der Waals surface area contributed by atoms with Gasteiger partial charge in [0.2, 0.25) is 0 Å². The van der Waals surface area contributed by atoms with Gasteiger partial charge in [-0.2, -0.15) is 0 Å². The van der Waals surface area contributed by atoms with Gasteiger partial charge in [0.05, 0.1) is 11.3 Å². The first kappa shape index (κ1) is 13.7. The van der Waals surface area contributed by atoms with E-state index in [0.29, 0.717) is 21.5 Å². The quantitative estimate of drug-likeness (QED) is 0.768. The third-order valence-corrected chi connectivity index (χ3v) is 4.04. The Hall–Kier alpha value is -1.76. The van der Waals surface area contributed by atoms with Crippen LogP contribution in [0.2, 0.25) is 0 Å². The first-order valence-corrected chi connectivity index (χ1v) is 6.89. The topological polar surface area (TPSA) is 87.5 Å². The van der Waals surface area contributed by atoms with E-state index in [-0.39, 0.29) is 17.5 Å². The Balaban J connectivity index is 2.42. The zero-order valence-electron chi connectivity index (χ0n) is 11.2. The molecule has 0 aliphatic heterocycles. The van der Waals surface area contributed by atoms with Crippen molar-refractivity contribution in [1.29, 1.82) is 0 Å². The summed E-state index contributed by atoms with van der Waals surface area (Å²) in [6.07, 6.45) is 2.17. The molecule has 1 aromatic heterocycles. The van der Waals surface area contributed by atoms with Gasteiger partial charge in [0.25, 0.3) is 11.8 Å². The van der Waals surface area contributed by atoms with Crippen molar-refractivity contribution in [1.82, 2.24) is 10.2 Å². The zero-order valence-corrected chi connectivity index (χ0v) is 12.1. The van der Waals surface area contributed by atoms with Gasteiger partial charge in [-0.05, 0) is 12.8 Å². The zero-order chi connectivity index (χ0) is 14.2. The molecule has 1 heterocycles.